The molecule has 0 saturated heterocycles. The van der Waals surface area contributed by atoms with Crippen molar-refractivity contribution in [2.75, 3.05) is 5.32 Å². The smallest absolute Gasteiger partial charge is 0.255 e. The van der Waals surface area contributed by atoms with Crippen molar-refractivity contribution in [1.82, 2.24) is 0 Å². The van der Waals surface area contributed by atoms with Gasteiger partial charge >= 0.3 is 0 Å². The van der Waals surface area contributed by atoms with Crippen LogP contribution in [0.3, 0.4) is 0 Å². The Morgan fingerprint density at radius 2 is 2.00 bits per heavy atom. The third-order valence-corrected chi connectivity index (χ3v) is 2.92. The van der Waals surface area contributed by atoms with E-state index in [2.05, 4.69) is 5.32 Å². The molecule has 5 heteroatoms. The monoisotopic (exact) mass is 279 g/mol. The molecule has 0 aromatic heterocycles. The van der Waals surface area contributed by atoms with Crippen LogP contribution in [0.2, 0.25) is 5.02 Å². The fourth-order valence-corrected chi connectivity index (χ4v) is 1.73. The Morgan fingerprint density at radius 1 is 1.26 bits per heavy atom. The number of halogens is 2. The molecule has 0 heterocycles. The van der Waals surface area contributed by atoms with E-state index >= 15 is 0 Å². The van der Waals surface area contributed by atoms with Gasteiger partial charge in [-0.05, 0) is 24.3 Å². The molecule has 3 nitrogen and oxygen atoms in total. The summed E-state index contributed by atoms with van der Waals surface area (Å²) in [6.07, 6.45) is 0. The second kappa shape index (κ2) is 5.82. The van der Waals surface area contributed by atoms with Gasteiger partial charge in [0.2, 0.25) is 0 Å². The molecule has 1 amide bonds. The molecule has 0 atom stereocenters. The van der Waals surface area contributed by atoms with Crippen LogP contribution in [0.25, 0.3) is 0 Å². The first-order valence-electron chi connectivity index (χ1n) is 5.57. The van der Waals surface area contributed by atoms with Gasteiger partial charge in [-0.3, -0.25) is 4.79 Å². The highest BCUT2D eigenvalue weighted by Crippen LogP contribution is 2.19. The van der Waals surface area contributed by atoms with Crippen LogP contribution in [0.4, 0.5) is 10.1 Å². The predicted molar refractivity (Wildman–Crippen MR) is 71.7 cm³/mol. The molecule has 0 bridgehead atoms. The number of aliphatic hydroxyl groups is 1. The molecule has 2 N–H and O–H groups in total. The lowest BCUT2D eigenvalue weighted by Gasteiger charge is -2.09. The number of para-hydroxylation sites is 1. The molecule has 0 aliphatic rings. The van der Waals surface area contributed by atoms with Crippen LogP contribution < -0.4 is 5.32 Å². The minimum Gasteiger partial charge on any atom is -0.392 e. The minimum atomic E-state index is -0.648. The van der Waals surface area contributed by atoms with Crippen molar-refractivity contribution in [2.45, 2.75) is 6.61 Å². The van der Waals surface area contributed by atoms with Crippen LogP contribution >= 0.6 is 11.6 Å². The van der Waals surface area contributed by atoms with Gasteiger partial charge in [-0.25, -0.2) is 4.39 Å². The van der Waals surface area contributed by atoms with Crippen LogP contribution in [0.1, 0.15) is 15.9 Å². The first-order chi connectivity index (χ1) is 9.11. The molecule has 19 heavy (non-hydrogen) atoms. The van der Waals surface area contributed by atoms with Crippen molar-refractivity contribution in [1.29, 1.82) is 0 Å². The largest absolute Gasteiger partial charge is 0.392 e. The van der Waals surface area contributed by atoms with Crippen molar-refractivity contribution < 1.29 is 14.3 Å². The summed E-state index contributed by atoms with van der Waals surface area (Å²) in [5, 5.41) is 11.7. The molecule has 2 rings (SSSR count). The van der Waals surface area contributed by atoms with E-state index < -0.39 is 11.7 Å². The molecule has 0 saturated carbocycles. The van der Waals surface area contributed by atoms with Gasteiger partial charge in [0.15, 0.2) is 0 Å². The zero-order valence-electron chi connectivity index (χ0n) is 9.86. The molecule has 0 radical (unpaired) electrons. The first-order valence-corrected chi connectivity index (χ1v) is 5.95. The lowest BCUT2D eigenvalue weighted by molar-refractivity contribution is 0.102. The summed E-state index contributed by atoms with van der Waals surface area (Å²) in [5.41, 5.74) is 1.24. The molecule has 98 valence electrons. The predicted octanol–water partition coefficient (Wildman–Crippen LogP) is 3.22. The third-order valence-electron chi connectivity index (χ3n) is 2.62. The van der Waals surface area contributed by atoms with Gasteiger partial charge in [0, 0.05) is 16.8 Å². The normalized spacial score (nSPS) is 10.3. The van der Waals surface area contributed by atoms with Crippen LogP contribution in [-0.2, 0) is 6.61 Å². The minimum absolute atomic E-state index is 0.0349. The average molecular weight is 280 g/mol. The van der Waals surface area contributed by atoms with Gasteiger partial charge in [-0.1, -0.05) is 29.8 Å². The lowest BCUT2D eigenvalue weighted by Crippen LogP contribution is -2.13. The number of carbonyl (C=O) groups excluding carboxylic acids is 1. The standard InChI is InChI=1S/C14H11ClFNO2/c15-11-6-5-9(7-12(11)16)14(19)17-13-4-2-1-3-10(13)8-18/h1-7,18H,8H2,(H,17,19). The fraction of sp³-hybridized carbons (Fsp3) is 0.0714. The highest BCUT2D eigenvalue weighted by Gasteiger charge is 2.10. The number of hydrogen-bond acceptors (Lipinski definition) is 2. The summed E-state index contributed by atoms with van der Waals surface area (Å²) >= 11 is 5.55. The van der Waals surface area contributed by atoms with E-state index in [1.54, 1.807) is 24.3 Å². The summed E-state index contributed by atoms with van der Waals surface area (Å²) in [4.78, 5) is 11.9. The van der Waals surface area contributed by atoms with Gasteiger partial charge in [-0.2, -0.15) is 0 Å². The number of anilines is 1. The molecule has 2 aromatic rings. The number of nitrogens with one attached hydrogen (secondary N) is 1. The second-order valence-corrected chi connectivity index (χ2v) is 4.31. The van der Waals surface area contributed by atoms with E-state index in [4.69, 9.17) is 16.7 Å². The summed E-state index contributed by atoms with van der Waals surface area (Å²) < 4.78 is 13.3. The van der Waals surface area contributed by atoms with Gasteiger partial charge in [0.25, 0.3) is 5.91 Å². The maximum absolute atomic E-state index is 13.3. The highest BCUT2D eigenvalue weighted by atomic mass is 35.5. The SMILES string of the molecule is O=C(Nc1ccccc1CO)c1ccc(Cl)c(F)c1. The first kappa shape index (κ1) is 13.5. The van der Waals surface area contributed by atoms with Crippen LogP contribution in [0.15, 0.2) is 42.5 Å². The van der Waals surface area contributed by atoms with Gasteiger partial charge < -0.3 is 10.4 Å². The van der Waals surface area contributed by atoms with Crippen molar-refractivity contribution in [2.24, 2.45) is 0 Å². The zero-order valence-corrected chi connectivity index (χ0v) is 10.6. The van der Waals surface area contributed by atoms with E-state index in [9.17, 15) is 9.18 Å². The van der Waals surface area contributed by atoms with Crippen LogP contribution in [0, 0.1) is 5.82 Å². The maximum atomic E-state index is 13.3. The van der Waals surface area contributed by atoms with E-state index in [-0.39, 0.29) is 17.2 Å². The summed E-state index contributed by atoms with van der Waals surface area (Å²) in [7, 11) is 0. The van der Waals surface area contributed by atoms with Crippen LogP contribution in [0.5, 0.6) is 0 Å². The quantitative estimate of drug-likeness (QED) is 0.906. The molecular weight excluding hydrogens is 269 g/mol. The molecular formula is C14H11ClFNO2. The molecule has 0 aliphatic heterocycles. The Hall–Kier alpha value is -1.91. The van der Waals surface area contributed by atoms with Crippen molar-refractivity contribution in [3.05, 3.63) is 64.4 Å². The number of rotatable bonds is 3. The molecule has 2 aromatic carbocycles. The number of carbonyl (C=O) groups is 1. The van der Waals surface area contributed by atoms with E-state index in [0.29, 0.717) is 11.3 Å². The number of aliphatic hydroxyl groups excluding tert-OH is 1. The maximum Gasteiger partial charge on any atom is 0.255 e. The average Bonchev–Trinajstić information content (AvgIpc) is 2.42. The molecule has 0 fully saturated rings. The molecule has 0 spiro atoms. The number of hydrogen-bond donors (Lipinski definition) is 2. The fourth-order valence-electron chi connectivity index (χ4n) is 1.61. The summed E-state index contributed by atoms with van der Waals surface area (Å²) in [6.45, 7) is -0.189. The molecule has 0 unspecified atom stereocenters. The van der Waals surface area contributed by atoms with E-state index in [1.165, 1.54) is 12.1 Å². The van der Waals surface area contributed by atoms with E-state index in [0.717, 1.165) is 6.07 Å². The Labute approximate surface area is 114 Å². The topological polar surface area (TPSA) is 49.3 Å². The number of benzene rings is 2. The molecule has 0 aliphatic carbocycles. The lowest BCUT2D eigenvalue weighted by atomic mass is 10.1. The zero-order chi connectivity index (χ0) is 13.8. The van der Waals surface area contributed by atoms with Crippen molar-refractivity contribution in [3.8, 4) is 0 Å². The Morgan fingerprint density at radius 3 is 2.68 bits per heavy atom. The summed E-state index contributed by atoms with van der Waals surface area (Å²) in [6, 6.07) is 10.7. The Balaban J connectivity index is 2.23. The Bertz CT molecular complexity index is 616. The number of amides is 1. The van der Waals surface area contributed by atoms with Gasteiger partial charge in [0.05, 0.1) is 11.6 Å². The summed E-state index contributed by atoms with van der Waals surface area (Å²) in [5.74, 6) is -1.11. The third kappa shape index (κ3) is 3.10. The second-order valence-electron chi connectivity index (χ2n) is 3.90. The van der Waals surface area contributed by atoms with Crippen LogP contribution in [-0.4, -0.2) is 11.0 Å². The van der Waals surface area contributed by atoms with Gasteiger partial charge in [-0.15, -0.1) is 0 Å². The van der Waals surface area contributed by atoms with Gasteiger partial charge in [0.1, 0.15) is 5.82 Å². The highest BCUT2D eigenvalue weighted by molar-refractivity contribution is 6.30. The van der Waals surface area contributed by atoms with Crippen molar-refractivity contribution >= 4 is 23.2 Å². The van der Waals surface area contributed by atoms with E-state index in [1.807, 2.05) is 0 Å². The van der Waals surface area contributed by atoms with Crippen molar-refractivity contribution in [3.63, 3.8) is 0 Å². The Kier molecular flexibility index (Phi) is 4.14.